The van der Waals surface area contributed by atoms with Gasteiger partial charge in [-0.2, -0.15) is 5.10 Å². The number of hydrogen-bond donors (Lipinski definition) is 1. The smallest absolute Gasteiger partial charge is 0.161 e. The first kappa shape index (κ1) is 13.9. The lowest BCUT2D eigenvalue weighted by Crippen LogP contribution is -2.22. The van der Waals surface area contributed by atoms with Gasteiger partial charge in [0.05, 0.1) is 19.3 Å². The Hall–Kier alpha value is -1.52. The summed E-state index contributed by atoms with van der Waals surface area (Å²) < 4.78 is 7.20. The van der Waals surface area contributed by atoms with Crippen molar-refractivity contribution in [3.63, 3.8) is 0 Å². The van der Waals surface area contributed by atoms with Gasteiger partial charge >= 0.3 is 0 Å². The Morgan fingerprint density at radius 1 is 1.42 bits per heavy atom. The van der Waals surface area contributed by atoms with Crippen LogP contribution < -0.4 is 10.1 Å². The van der Waals surface area contributed by atoms with Crippen molar-refractivity contribution in [2.24, 2.45) is 7.05 Å². The Morgan fingerprint density at radius 2 is 2.16 bits per heavy atom. The largest absolute Gasteiger partial charge is 0.493 e. The van der Waals surface area contributed by atoms with Crippen molar-refractivity contribution >= 4 is 11.6 Å². The maximum atomic E-state index is 6.11. The van der Waals surface area contributed by atoms with Crippen LogP contribution in [0.15, 0.2) is 24.4 Å². The van der Waals surface area contributed by atoms with Gasteiger partial charge in [-0.1, -0.05) is 17.7 Å². The molecule has 0 aliphatic heterocycles. The number of nitrogens with zero attached hydrogens (tertiary/aromatic N) is 2. The zero-order chi connectivity index (χ0) is 14.0. The molecular formula is C14H18ClN3O. The maximum absolute atomic E-state index is 6.11. The molecule has 2 rings (SSSR count). The predicted molar refractivity (Wildman–Crippen MR) is 76.9 cm³/mol. The maximum Gasteiger partial charge on any atom is 0.161 e. The molecule has 0 saturated heterocycles. The molecule has 0 saturated carbocycles. The molecule has 1 aromatic heterocycles. The molecule has 0 aliphatic rings. The number of benzene rings is 1. The summed E-state index contributed by atoms with van der Waals surface area (Å²) in [5, 5.41) is 8.28. The average molecular weight is 280 g/mol. The number of methoxy groups -OCH3 is 1. The molecule has 1 N–H and O–H groups in total. The molecule has 102 valence electrons. The first-order valence-electron chi connectivity index (χ1n) is 6.07. The fourth-order valence-corrected chi connectivity index (χ4v) is 2.46. The van der Waals surface area contributed by atoms with Crippen LogP contribution in [0.4, 0.5) is 0 Å². The fraction of sp³-hybridized carbons (Fsp3) is 0.357. The molecule has 1 aromatic carbocycles. The van der Waals surface area contributed by atoms with Gasteiger partial charge in [0.25, 0.3) is 0 Å². The quantitative estimate of drug-likeness (QED) is 0.935. The Bertz CT molecular complexity index is 580. The molecule has 0 bridgehead atoms. The van der Waals surface area contributed by atoms with Crippen molar-refractivity contribution in [1.82, 2.24) is 15.1 Å². The van der Waals surface area contributed by atoms with Crippen LogP contribution in [0.1, 0.15) is 22.9 Å². The second-order valence-electron chi connectivity index (χ2n) is 4.44. The summed E-state index contributed by atoms with van der Waals surface area (Å²) in [6, 6.07) is 5.88. The minimum atomic E-state index is -0.0128. The second-order valence-corrected chi connectivity index (χ2v) is 4.88. The van der Waals surface area contributed by atoms with Crippen molar-refractivity contribution in [2.45, 2.75) is 13.0 Å². The SMILES string of the molecule is CNC(c1cc(Cl)ccc1C)c1c(OC)cnn1C. The van der Waals surface area contributed by atoms with Crippen LogP contribution in [0.3, 0.4) is 0 Å². The first-order chi connectivity index (χ1) is 9.08. The molecular weight excluding hydrogens is 262 g/mol. The summed E-state index contributed by atoms with van der Waals surface area (Å²) in [6.07, 6.45) is 1.72. The topological polar surface area (TPSA) is 39.1 Å². The van der Waals surface area contributed by atoms with E-state index in [0.29, 0.717) is 0 Å². The van der Waals surface area contributed by atoms with Crippen molar-refractivity contribution in [1.29, 1.82) is 0 Å². The van der Waals surface area contributed by atoms with Gasteiger partial charge in [-0.25, -0.2) is 0 Å². The monoisotopic (exact) mass is 279 g/mol. The van der Waals surface area contributed by atoms with Crippen molar-refractivity contribution in [3.8, 4) is 5.75 Å². The van der Waals surface area contributed by atoms with E-state index in [1.165, 1.54) is 5.56 Å². The van der Waals surface area contributed by atoms with E-state index < -0.39 is 0 Å². The van der Waals surface area contributed by atoms with Crippen LogP contribution in [-0.2, 0) is 7.05 Å². The van der Waals surface area contributed by atoms with Crippen LogP contribution in [0.2, 0.25) is 5.02 Å². The number of rotatable bonds is 4. The zero-order valence-corrected chi connectivity index (χ0v) is 12.3. The number of aromatic nitrogens is 2. The van der Waals surface area contributed by atoms with Crippen molar-refractivity contribution < 1.29 is 4.74 Å². The highest BCUT2D eigenvalue weighted by atomic mass is 35.5. The number of hydrogen-bond acceptors (Lipinski definition) is 3. The van der Waals surface area contributed by atoms with E-state index in [1.54, 1.807) is 13.3 Å². The molecule has 1 atom stereocenters. The molecule has 1 heterocycles. The van der Waals surface area contributed by atoms with E-state index >= 15 is 0 Å². The van der Waals surface area contributed by atoms with E-state index in [0.717, 1.165) is 22.0 Å². The zero-order valence-electron chi connectivity index (χ0n) is 11.6. The van der Waals surface area contributed by atoms with Crippen LogP contribution in [0, 0.1) is 6.92 Å². The van der Waals surface area contributed by atoms with E-state index in [9.17, 15) is 0 Å². The predicted octanol–water partition coefficient (Wildman–Crippen LogP) is 2.70. The van der Waals surface area contributed by atoms with Gasteiger partial charge in [-0.3, -0.25) is 4.68 Å². The van der Waals surface area contributed by atoms with Gasteiger partial charge in [0.2, 0.25) is 0 Å². The molecule has 0 aliphatic carbocycles. The molecule has 1 unspecified atom stereocenters. The van der Waals surface area contributed by atoms with Gasteiger partial charge in [0, 0.05) is 12.1 Å². The van der Waals surface area contributed by atoms with Crippen molar-refractivity contribution in [3.05, 3.63) is 46.2 Å². The third-order valence-electron chi connectivity index (χ3n) is 3.28. The normalized spacial score (nSPS) is 12.5. The standard InChI is InChI=1S/C14H18ClN3O/c1-9-5-6-10(15)7-11(9)13(16-2)14-12(19-4)8-17-18(14)3/h5-8,13,16H,1-4H3. The van der Waals surface area contributed by atoms with Gasteiger partial charge < -0.3 is 10.1 Å². The lowest BCUT2D eigenvalue weighted by Gasteiger charge is -2.20. The van der Waals surface area contributed by atoms with E-state index in [2.05, 4.69) is 17.3 Å². The highest BCUT2D eigenvalue weighted by Crippen LogP contribution is 2.32. The third kappa shape index (κ3) is 2.60. The summed E-state index contributed by atoms with van der Waals surface area (Å²) >= 11 is 6.11. The number of aryl methyl sites for hydroxylation is 2. The Labute approximate surface area is 118 Å². The minimum absolute atomic E-state index is 0.0128. The molecule has 0 radical (unpaired) electrons. The van der Waals surface area contributed by atoms with Gasteiger partial charge in [0.1, 0.15) is 5.69 Å². The Balaban J connectivity index is 2.56. The second kappa shape index (κ2) is 5.63. The van der Waals surface area contributed by atoms with E-state index in [4.69, 9.17) is 16.3 Å². The summed E-state index contributed by atoms with van der Waals surface area (Å²) in [4.78, 5) is 0. The summed E-state index contributed by atoms with van der Waals surface area (Å²) in [7, 11) is 5.47. The summed E-state index contributed by atoms with van der Waals surface area (Å²) in [5.41, 5.74) is 3.28. The third-order valence-corrected chi connectivity index (χ3v) is 3.52. The van der Waals surface area contributed by atoms with E-state index in [-0.39, 0.29) is 6.04 Å². The van der Waals surface area contributed by atoms with Crippen LogP contribution in [0.25, 0.3) is 0 Å². The fourth-order valence-electron chi connectivity index (χ4n) is 2.28. The lowest BCUT2D eigenvalue weighted by atomic mass is 9.98. The Morgan fingerprint density at radius 3 is 2.79 bits per heavy atom. The highest BCUT2D eigenvalue weighted by molar-refractivity contribution is 6.30. The number of ether oxygens (including phenoxy) is 1. The molecule has 5 heteroatoms. The minimum Gasteiger partial charge on any atom is -0.493 e. The Kier molecular flexibility index (Phi) is 4.12. The summed E-state index contributed by atoms with van der Waals surface area (Å²) in [6.45, 7) is 2.07. The summed E-state index contributed by atoms with van der Waals surface area (Å²) in [5.74, 6) is 0.765. The first-order valence-corrected chi connectivity index (χ1v) is 6.45. The lowest BCUT2D eigenvalue weighted by molar-refractivity contribution is 0.402. The van der Waals surface area contributed by atoms with E-state index in [1.807, 2.05) is 37.0 Å². The number of nitrogens with one attached hydrogen (secondary N) is 1. The molecule has 4 nitrogen and oxygen atoms in total. The molecule has 0 fully saturated rings. The van der Waals surface area contributed by atoms with Gasteiger partial charge in [-0.05, 0) is 37.2 Å². The average Bonchev–Trinajstić information content (AvgIpc) is 2.76. The van der Waals surface area contributed by atoms with Gasteiger partial charge in [0.15, 0.2) is 5.75 Å². The van der Waals surface area contributed by atoms with Crippen LogP contribution in [0.5, 0.6) is 5.75 Å². The molecule has 0 spiro atoms. The highest BCUT2D eigenvalue weighted by Gasteiger charge is 2.22. The molecule has 19 heavy (non-hydrogen) atoms. The van der Waals surface area contributed by atoms with Crippen molar-refractivity contribution in [2.75, 3.05) is 14.2 Å². The van der Waals surface area contributed by atoms with Crippen LogP contribution in [-0.4, -0.2) is 23.9 Å². The van der Waals surface area contributed by atoms with Crippen LogP contribution >= 0.6 is 11.6 Å². The molecule has 0 amide bonds. The number of halogens is 1. The van der Waals surface area contributed by atoms with Gasteiger partial charge in [-0.15, -0.1) is 0 Å². The molecule has 2 aromatic rings.